The van der Waals surface area contributed by atoms with Crippen LogP contribution in [-0.4, -0.2) is 0 Å². The second-order valence-corrected chi connectivity index (χ2v) is 9.73. The lowest BCUT2D eigenvalue weighted by atomic mass is 9.68. The van der Waals surface area contributed by atoms with Gasteiger partial charge in [-0.25, -0.2) is 0 Å². The molecule has 152 valence electrons. The van der Waals surface area contributed by atoms with E-state index in [0.717, 1.165) is 23.7 Å². The zero-order valence-electron chi connectivity index (χ0n) is 18.2. The van der Waals surface area contributed by atoms with Crippen LogP contribution in [0.3, 0.4) is 0 Å². The summed E-state index contributed by atoms with van der Waals surface area (Å²) in [5.41, 5.74) is 3.15. The Labute approximate surface area is 169 Å². The molecule has 0 bridgehead atoms. The molecule has 2 fully saturated rings. The second-order valence-electron chi connectivity index (χ2n) is 9.73. The fraction of sp³-hybridized carbons (Fsp3) is 0.778. The lowest BCUT2D eigenvalue weighted by Gasteiger charge is -2.38. The minimum Gasteiger partial charge on any atom is -0.0654 e. The molecule has 1 aromatic rings. The number of benzene rings is 1. The van der Waals surface area contributed by atoms with Crippen molar-refractivity contribution in [3.63, 3.8) is 0 Å². The van der Waals surface area contributed by atoms with Crippen molar-refractivity contribution in [3.8, 4) is 0 Å². The molecule has 2 aliphatic rings. The second kappa shape index (κ2) is 11.3. The van der Waals surface area contributed by atoms with E-state index in [1.54, 1.807) is 5.56 Å². The van der Waals surface area contributed by atoms with Crippen LogP contribution in [0.5, 0.6) is 0 Å². The van der Waals surface area contributed by atoms with E-state index in [4.69, 9.17) is 0 Å². The molecular formula is C27H44. The standard InChI is InChI=1S/C27H44/c1-3-5-7-9-23-12-16-25(17-13-23)27-20-18-26(19-21-27)24-14-10-22(11-15-24)8-6-4-2/h10-11,14-15,23,25-27H,3-9,12-13,16-21H2,1-2H3. The largest absolute Gasteiger partial charge is 0.0654 e. The summed E-state index contributed by atoms with van der Waals surface area (Å²) >= 11 is 0. The van der Waals surface area contributed by atoms with E-state index in [1.165, 1.54) is 102 Å². The molecule has 0 radical (unpaired) electrons. The van der Waals surface area contributed by atoms with Gasteiger partial charge in [0, 0.05) is 0 Å². The van der Waals surface area contributed by atoms with Gasteiger partial charge < -0.3 is 0 Å². The van der Waals surface area contributed by atoms with E-state index in [-0.39, 0.29) is 0 Å². The minimum atomic E-state index is 0.840. The predicted octanol–water partition coefficient (Wildman–Crippen LogP) is 8.69. The van der Waals surface area contributed by atoms with Crippen LogP contribution in [0.15, 0.2) is 24.3 Å². The maximum absolute atomic E-state index is 2.44. The summed E-state index contributed by atoms with van der Waals surface area (Å²) in [6.45, 7) is 4.61. The van der Waals surface area contributed by atoms with Crippen LogP contribution in [0.25, 0.3) is 0 Å². The highest BCUT2D eigenvalue weighted by molar-refractivity contribution is 5.26. The van der Waals surface area contributed by atoms with Crippen LogP contribution < -0.4 is 0 Å². The smallest absolute Gasteiger partial charge is 0.0162 e. The Kier molecular flexibility index (Phi) is 8.75. The van der Waals surface area contributed by atoms with E-state index in [0.29, 0.717) is 0 Å². The molecule has 1 aromatic carbocycles. The highest BCUT2D eigenvalue weighted by Crippen LogP contribution is 2.44. The average molecular weight is 369 g/mol. The third kappa shape index (κ3) is 6.37. The summed E-state index contributed by atoms with van der Waals surface area (Å²) in [5, 5.41) is 0. The molecular weight excluding hydrogens is 324 g/mol. The van der Waals surface area contributed by atoms with Crippen LogP contribution in [0, 0.1) is 17.8 Å². The van der Waals surface area contributed by atoms with Gasteiger partial charge in [0.1, 0.15) is 0 Å². The zero-order valence-corrected chi connectivity index (χ0v) is 18.2. The van der Waals surface area contributed by atoms with Gasteiger partial charge in [-0.05, 0) is 86.2 Å². The molecule has 0 N–H and O–H groups in total. The maximum atomic E-state index is 2.44. The number of hydrogen-bond acceptors (Lipinski definition) is 0. The Morgan fingerprint density at radius 2 is 1.26 bits per heavy atom. The molecule has 0 unspecified atom stereocenters. The van der Waals surface area contributed by atoms with E-state index in [2.05, 4.69) is 38.1 Å². The first-order valence-electron chi connectivity index (χ1n) is 12.4. The molecule has 0 nitrogen and oxygen atoms in total. The number of rotatable bonds is 9. The fourth-order valence-corrected chi connectivity index (χ4v) is 5.89. The summed E-state index contributed by atoms with van der Waals surface area (Å²) in [7, 11) is 0. The molecule has 3 rings (SSSR count). The molecule has 2 saturated carbocycles. The minimum absolute atomic E-state index is 0.840. The molecule has 0 aliphatic heterocycles. The van der Waals surface area contributed by atoms with Crippen LogP contribution in [-0.2, 0) is 6.42 Å². The van der Waals surface area contributed by atoms with Gasteiger partial charge in [0.05, 0.1) is 0 Å². The van der Waals surface area contributed by atoms with E-state index in [9.17, 15) is 0 Å². The first-order chi connectivity index (χ1) is 13.3. The number of aryl methyl sites for hydroxylation is 1. The van der Waals surface area contributed by atoms with Crippen molar-refractivity contribution in [1.82, 2.24) is 0 Å². The average Bonchev–Trinajstić information content (AvgIpc) is 2.73. The monoisotopic (exact) mass is 368 g/mol. The van der Waals surface area contributed by atoms with Gasteiger partial charge in [0.25, 0.3) is 0 Å². The van der Waals surface area contributed by atoms with Gasteiger partial charge in [-0.3, -0.25) is 0 Å². The molecule has 27 heavy (non-hydrogen) atoms. The molecule has 0 aromatic heterocycles. The van der Waals surface area contributed by atoms with Gasteiger partial charge in [0.2, 0.25) is 0 Å². The zero-order chi connectivity index (χ0) is 18.9. The first kappa shape index (κ1) is 20.9. The summed E-state index contributed by atoms with van der Waals surface area (Å²) < 4.78 is 0. The maximum Gasteiger partial charge on any atom is -0.0162 e. The van der Waals surface area contributed by atoms with Crippen molar-refractivity contribution in [2.24, 2.45) is 17.8 Å². The normalized spacial score (nSPS) is 29.0. The van der Waals surface area contributed by atoms with Gasteiger partial charge in [0.15, 0.2) is 0 Å². The van der Waals surface area contributed by atoms with Crippen molar-refractivity contribution in [1.29, 1.82) is 0 Å². The lowest BCUT2D eigenvalue weighted by molar-refractivity contribution is 0.155. The number of unbranched alkanes of at least 4 members (excludes halogenated alkanes) is 3. The Balaban J connectivity index is 1.39. The Bertz CT molecular complexity index is 497. The summed E-state index contributed by atoms with van der Waals surface area (Å²) in [6.07, 6.45) is 21.7. The number of hydrogen-bond donors (Lipinski definition) is 0. The quantitative estimate of drug-likeness (QED) is 0.382. The molecule has 2 aliphatic carbocycles. The van der Waals surface area contributed by atoms with Crippen LogP contribution in [0.1, 0.15) is 121 Å². The van der Waals surface area contributed by atoms with Crippen LogP contribution >= 0.6 is 0 Å². The third-order valence-electron chi connectivity index (χ3n) is 7.82. The topological polar surface area (TPSA) is 0 Å². The van der Waals surface area contributed by atoms with Crippen molar-refractivity contribution in [2.45, 2.75) is 116 Å². The van der Waals surface area contributed by atoms with Crippen molar-refractivity contribution >= 4 is 0 Å². The Morgan fingerprint density at radius 1 is 0.667 bits per heavy atom. The van der Waals surface area contributed by atoms with E-state index >= 15 is 0 Å². The van der Waals surface area contributed by atoms with Gasteiger partial charge in [-0.2, -0.15) is 0 Å². The van der Waals surface area contributed by atoms with Crippen LogP contribution in [0.2, 0.25) is 0 Å². The Hall–Kier alpha value is -0.780. The molecule has 0 saturated heterocycles. The molecule has 0 spiro atoms. The van der Waals surface area contributed by atoms with Crippen LogP contribution in [0.4, 0.5) is 0 Å². The predicted molar refractivity (Wildman–Crippen MR) is 119 cm³/mol. The van der Waals surface area contributed by atoms with Crippen molar-refractivity contribution < 1.29 is 0 Å². The van der Waals surface area contributed by atoms with E-state index in [1.807, 2.05) is 0 Å². The summed E-state index contributed by atoms with van der Waals surface area (Å²) in [6, 6.07) is 9.68. The first-order valence-corrected chi connectivity index (χ1v) is 12.4. The van der Waals surface area contributed by atoms with Crippen molar-refractivity contribution in [3.05, 3.63) is 35.4 Å². The molecule has 0 heteroatoms. The third-order valence-corrected chi connectivity index (χ3v) is 7.82. The van der Waals surface area contributed by atoms with Gasteiger partial charge >= 0.3 is 0 Å². The highest BCUT2D eigenvalue weighted by atomic mass is 14.4. The van der Waals surface area contributed by atoms with Gasteiger partial charge in [-0.15, -0.1) is 0 Å². The summed E-state index contributed by atoms with van der Waals surface area (Å²) in [4.78, 5) is 0. The van der Waals surface area contributed by atoms with Gasteiger partial charge in [-0.1, -0.05) is 83.1 Å². The Morgan fingerprint density at radius 3 is 1.85 bits per heavy atom. The highest BCUT2D eigenvalue weighted by Gasteiger charge is 2.31. The fourth-order valence-electron chi connectivity index (χ4n) is 5.89. The van der Waals surface area contributed by atoms with E-state index < -0.39 is 0 Å². The molecule has 0 amide bonds. The summed E-state index contributed by atoms with van der Waals surface area (Å²) in [5.74, 6) is 4.01. The lowest BCUT2D eigenvalue weighted by Crippen LogP contribution is -2.25. The SMILES string of the molecule is CCCCCC1CCC(C2CCC(c3ccc(CCCC)cc3)CC2)CC1. The molecule has 0 atom stereocenters. The van der Waals surface area contributed by atoms with Crippen molar-refractivity contribution in [2.75, 3.05) is 0 Å². The molecule has 0 heterocycles.